The Morgan fingerprint density at radius 1 is 1.26 bits per heavy atom. The molecule has 1 aromatic rings. The summed E-state index contributed by atoms with van der Waals surface area (Å²) in [6.07, 6.45) is 5.34. The van der Waals surface area contributed by atoms with E-state index in [0.717, 1.165) is 32.4 Å². The maximum absolute atomic E-state index is 11.1. The van der Waals surface area contributed by atoms with Gasteiger partial charge in [0.1, 0.15) is 11.5 Å². The van der Waals surface area contributed by atoms with Crippen LogP contribution < -0.4 is 4.90 Å². The van der Waals surface area contributed by atoms with Crippen molar-refractivity contribution in [2.45, 2.75) is 39.0 Å². The molecular weight excluding hydrogens is 238 g/mol. The molecule has 3 nitrogen and oxygen atoms in total. The van der Waals surface area contributed by atoms with Crippen molar-refractivity contribution >= 4 is 11.5 Å². The third kappa shape index (κ3) is 4.27. The highest BCUT2D eigenvalue weighted by Crippen LogP contribution is 2.26. The van der Waals surface area contributed by atoms with Crippen LogP contribution in [0.5, 0.6) is 5.75 Å². The Balaban J connectivity index is 1.89. The van der Waals surface area contributed by atoms with Gasteiger partial charge >= 0.3 is 0 Å². The van der Waals surface area contributed by atoms with Crippen molar-refractivity contribution in [2.75, 3.05) is 18.0 Å². The van der Waals surface area contributed by atoms with Crippen molar-refractivity contribution in [3.8, 4) is 5.75 Å². The summed E-state index contributed by atoms with van der Waals surface area (Å²) in [5.74, 6) is 1.31. The van der Waals surface area contributed by atoms with Gasteiger partial charge in [-0.1, -0.05) is 0 Å². The van der Waals surface area contributed by atoms with Gasteiger partial charge in [0.2, 0.25) is 0 Å². The molecule has 1 atom stereocenters. The molecule has 1 aromatic carbocycles. The van der Waals surface area contributed by atoms with Gasteiger partial charge in [0.25, 0.3) is 0 Å². The van der Waals surface area contributed by atoms with Crippen LogP contribution in [0.15, 0.2) is 24.3 Å². The predicted octanol–water partition coefficient (Wildman–Crippen LogP) is 3.37. The molecule has 1 aliphatic heterocycles. The van der Waals surface area contributed by atoms with Gasteiger partial charge in [-0.05, 0) is 62.8 Å². The molecule has 0 amide bonds. The summed E-state index contributed by atoms with van der Waals surface area (Å²) < 4.78 is 0. The van der Waals surface area contributed by atoms with Crippen LogP contribution in [0, 0.1) is 5.92 Å². The number of aromatic hydroxyl groups is 1. The lowest BCUT2D eigenvalue weighted by Crippen LogP contribution is -2.24. The summed E-state index contributed by atoms with van der Waals surface area (Å²) in [5, 5.41) is 9.32. The van der Waals surface area contributed by atoms with E-state index in [2.05, 4.69) is 4.90 Å². The lowest BCUT2D eigenvalue weighted by molar-refractivity contribution is -0.117. The van der Waals surface area contributed by atoms with Crippen LogP contribution in [0.25, 0.3) is 0 Å². The number of carbonyl (C=O) groups excluding carboxylic acids is 1. The Bertz CT molecular complexity index is 413. The van der Waals surface area contributed by atoms with E-state index in [1.54, 1.807) is 19.1 Å². The molecule has 3 heteroatoms. The second kappa shape index (κ2) is 6.60. The molecule has 1 saturated heterocycles. The average Bonchev–Trinajstić information content (AvgIpc) is 2.63. The number of phenolic OH excluding ortho intramolecular Hbond substituents is 1. The lowest BCUT2D eigenvalue weighted by atomic mass is 9.94. The number of anilines is 1. The first-order valence-electron chi connectivity index (χ1n) is 7.18. The Morgan fingerprint density at radius 3 is 2.68 bits per heavy atom. The highest BCUT2D eigenvalue weighted by molar-refractivity contribution is 5.75. The second-order valence-corrected chi connectivity index (χ2v) is 5.54. The largest absolute Gasteiger partial charge is 0.508 e. The Labute approximate surface area is 115 Å². The number of nitrogens with zero attached hydrogens (tertiary/aromatic N) is 1. The molecule has 0 saturated carbocycles. The number of benzene rings is 1. The number of rotatable bonds is 4. The number of Topliss-reactive ketones (excluding diaryl/α,β-unsaturated/α-hetero) is 1. The number of carbonyl (C=O) groups is 1. The lowest BCUT2D eigenvalue weighted by Gasteiger charge is -2.23. The van der Waals surface area contributed by atoms with Crippen molar-refractivity contribution in [1.82, 2.24) is 0 Å². The summed E-state index contributed by atoms with van der Waals surface area (Å²) in [4.78, 5) is 13.4. The maximum Gasteiger partial charge on any atom is 0.129 e. The van der Waals surface area contributed by atoms with E-state index in [0.29, 0.717) is 17.5 Å². The number of phenols is 1. The number of hydrogen-bond acceptors (Lipinski definition) is 3. The molecule has 2 rings (SSSR count). The SMILES string of the molecule is CC(=O)CCC1CCCN(c2ccc(O)cc2)CC1. The Hall–Kier alpha value is -1.51. The third-order valence-electron chi connectivity index (χ3n) is 3.97. The molecule has 104 valence electrons. The summed E-state index contributed by atoms with van der Waals surface area (Å²) in [6, 6.07) is 7.44. The van der Waals surface area contributed by atoms with E-state index in [-0.39, 0.29) is 0 Å². The van der Waals surface area contributed by atoms with Gasteiger partial charge in [-0.25, -0.2) is 0 Å². The zero-order valence-electron chi connectivity index (χ0n) is 11.6. The molecule has 1 aliphatic rings. The maximum atomic E-state index is 11.1. The first-order chi connectivity index (χ1) is 9.15. The third-order valence-corrected chi connectivity index (χ3v) is 3.97. The summed E-state index contributed by atoms with van der Waals surface area (Å²) in [6.45, 7) is 3.80. The van der Waals surface area contributed by atoms with Gasteiger partial charge in [-0.3, -0.25) is 0 Å². The highest BCUT2D eigenvalue weighted by atomic mass is 16.3. The van der Waals surface area contributed by atoms with Gasteiger partial charge in [0.15, 0.2) is 0 Å². The molecular formula is C16H23NO2. The van der Waals surface area contributed by atoms with Crippen LogP contribution in [0.3, 0.4) is 0 Å². The molecule has 0 aromatic heterocycles. The minimum Gasteiger partial charge on any atom is -0.508 e. The fourth-order valence-corrected chi connectivity index (χ4v) is 2.78. The van der Waals surface area contributed by atoms with E-state index in [9.17, 15) is 9.90 Å². The fraction of sp³-hybridized carbons (Fsp3) is 0.562. The fourth-order valence-electron chi connectivity index (χ4n) is 2.78. The number of ketones is 1. The van der Waals surface area contributed by atoms with E-state index in [4.69, 9.17) is 0 Å². The standard InChI is InChI=1S/C16H23NO2/c1-13(18)4-5-14-3-2-11-17(12-10-14)15-6-8-16(19)9-7-15/h6-9,14,19H,2-5,10-12H2,1H3. The van der Waals surface area contributed by atoms with Crippen molar-refractivity contribution in [1.29, 1.82) is 0 Å². The van der Waals surface area contributed by atoms with Gasteiger partial charge in [-0.15, -0.1) is 0 Å². The topological polar surface area (TPSA) is 40.5 Å². The molecule has 1 unspecified atom stereocenters. The zero-order valence-corrected chi connectivity index (χ0v) is 11.6. The Kier molecular flexibility index (Phi) is 4.83. The van der Waals surface area contributed by atoms with Gasteiger partial charge in [-0.2, -0.15) is 0 Å². The quantitative estimate of drug-likeness (QED) is 0.903. The van der Waals surface area contributed by atoms with Crippen LogP contribution in [0.4, 0.5) is 5.69 Å². The van der Waals surface area contributed by atoms with E-state index >= 15 is 0 Å². The molecule has 1 N–H and O–H groups in total. The summed E-state index contributed by atoms with van der Waals surface area (Å²) in [5.41, 5.74) is 1.19. The van der Waals surface area contributed by atoms with Crippen molar-refractivity contribution in [2.24, 2.45) is 5.92 Å². The molecule has 0 radical (unpaired) electrons. The van der Waals surface area contributed by atoms with Crippen molar-refractivity contribution in [3.63, 3.8) is 0 Å². The second-order valence-electron chi connectivity index (χ2n) is 5.54. The van der Waals surface area contributed by atoms with E-state index in [1.165, 1.54) is 18.5 Å². The van der Waals surface area contributed by atoms with Crippen molar-refractivity contribution in [3.05, 3.63) is 24.3 Å². The Morgan fingerprint density at radius 2 is 2.00 bits per heavy atom. The minimum atomic E-state index is 0.305. The van der Waals surface area contributed by atoms with Crippen LogP contribution in [0.1, 0.15) is 39.0 Å². The first-order valence-corrected chi connectivity index (χ1v) is 7.18. The van der Waals surface area contributed by atoms with Gasteiger partial charge in [0, 0.05) is 25.2 Å². The van der Waals surface area contributed by atoms with Crippen LogP contribution in [0.2, 0.25) is 0 Å². The molecule has 0 bridgehead atoms. The van der Waals surface area contributed by atoms with E-state index in [1.807, 2.05) is 12.1 Å². The van der Waals surface area contributed by atoms with Crippen molar-refractivity contribution < 1.29 is 9.90 Å². The smallest absolute Gasteiger partial charge is 0.129 e. The molecule has 1 heterocycles. The van der Waals surface area contributed by atoms with Crippen LogP contribution in [-0.4, -0.2) is 24.0 Å². The number of hydrogen-bond donors (Lipinski definition) is 1. The highest BCUT2D eigenvalue weighted by Gasteiger charge is 2.17. The summed E-state index contributed by atoms with van der Waals surface area (Å²) >= 11 is 0. The molecule has 0 aliphatic carbocycles. The van der Waals surface area contributed by atoms with Gasteiger partial charge in [0.05, 0.1) is 0 Å². The first kappa shape index (κ1) is 13.9. The average molecular weight is 261 g/mol. The summed E-state index contributed by atoms with van der Waals surface area (Å²) in [7, 11) is 0. The van der Waals surface area contributed by atoms with Crippen LogP contribution >= 0.6 is 0 Å². The molecule has 19 heavy (non-hydrogen) atoms. The minimum absolute atomic E-state index is 0.305. The van der Waals surface area contributed by atoms with Crippen LogP contribution in [-0.2, 0) is 4.79 Å². The normalized spacial score (nSPS) is 20.1. The zero-order chi connectivity index (χ0) is 13.7. The molecule has 0 spiro atoms. The predicted molar refractivity (Wildman–Crippen MR) is 77.6 cm³/mol. The monoisotopic (exact) mass is 261 g/mol. The van der Waals surface area contributed by atoms with Gasteiger partial charge < -0.3 is 14.8 Å². The molecule has 1 fully saturated rings. The van der Waals surface area contributed by atoms with E-state index < -0.39 is 0 Å².